The van der Waals surface area contributed by atoms with E-state index in [0.717, 1.165) is 16.6 Å². The third-order valence-electron chi connectivity index (χ3n) is 2.17. The highest BCUT2D eigenvalue weighted by atomic mass is 79.9. The lowest BCUT2D eigenvalue weighted by molar-refractivity contribution is 0.608. The second-order valence-corrected chi connectivity index (χ2v) is 4.90. The molecule has 88 valence electrons. The van der Waals surface area contributed by atoms with E-state index in [-0.39, 0.29) is 11.9 Å². The first-order valence-electron chi connectivity index (χ1n) is 5.37. The van der Waals surface area contributed by atoms with Crippen LogP contribution in [0, 0.1) is 5.82 Å². The van der Waals surface area contributed by atoms with E-state index in [0.29, 0.717) is 0 Å². The quantitative estimate of drug-likeness (QED) is 0.818. The first-order chi connectivity index (χ1) is 7.52. The van der Waals surface area contributed by atoms with Crippen LogP contribution in [0.25, 0.3) is 0 Å². The summed E-state index contributed by atoms with van der Waals surface area (Å²) in [6.07, 6.45) is 2.10. The van der Waals surface area contributed by atoms with Gasteiger partial charge in [0.15, 0.2) is 0 Å². The van der Waals surface area contributed by atoms with Crippen LogP contribution in [0.5, 0.6) is 0 Å². The van der Waals surface area contributed by atoms with Gasteiger partial charge in [-0.05, 0) is 44.2 Å². The molecule has 0 aliphatic rings. The van der Waals surface area contributed by atoms with E-state index < -0.39 is 0 Å². The number of hydrogen-bond donors (Lipinski definition) is 1. The number of likely N-dealkylation sites (N-methyl/N-ethyl adjacent to an activating group) is 1. The van der Waals surface area contributed by atoms with E-state index in [4.69, 9.17) is 0 Å². The van der Waals surface area contributed by atoms with E-state index in [9.17, 15) is 4.39 Å². The number of benzene rings is 1. The summed E-state index contributed by atoms with van der Waals surface area (Å²) in [6.45, 7) is 6.97. The van der Waals surface area contributed by atoms with Crippen LogP contribution in [0.4, 0.5) is 4.39 Å². The number of hydrogen-bond acceptors (Lipinski definition) is 1. The molecule has 1 nitrogen and oxygen atoms in total. The zero-order valence-electron chi connectivity index (χ0n) is 9.85. The smallest absolute Gasteiger partial charge is 0.124 e. The molecule has 0 aliphatic heterocycles. The van der Waals surface area contributed by atoms with Crippen molar-refractivity contribution in [2.45, 2.75) is 26.8 Å². The van der Waals surface area contributed by atoms with Crippen LogP contribution in [0.2, 0.25) is 0 Å². The standard InChI is InChI=1S/C13H17BrFN/c1-4-16-13(5-9(2)3)10-6-11(14)8-12(15)7-10/h5-8,13,16H,4H2,1-3H3. The lowest BCUT2D eigenvalue weighted by atomic mass is 10.0. The van der Waals surface area contributed by atoms with Gasteiger partial charge >= 0.3 is 0 Å². The predicted octanol–water partition coefficient (Wildman–Crippen LogP) is 4.21. The lowest BCUT2D eigenvalue weighted by Crippen LogP contribution is -2.19. The minimum atomic E-state index is -0.213. The molecular formula is C13H17BrFN. The van der Waals surface area contributed by atoms with Gasteiger partial charge in [0.1, 0.15) is 5.82 Å². The summed E-state index contributed by atoms with van der Waals surface area (Å²) in [6, 6.07) is 5.05. The Morgan fingerprint density at radius 3 is 2.62 bits per heavy atom. The second kappa shape index (κ2) is 6.16. The maximum absolute atomic E-state index is 13.3. The minimum absolute atomic E-state index is 0.0713. The molecule has 0 aromatic heterocycles. The molecule has 1 rings (SSSR count). The molecule has 0 amide bonds. The first-order valence-corrected chi connectivity index (χ1v) is 6.16. The van der Waals surface area contributed by atoms with Crippen molar-refractivity contribution in [3.05, 3.63) is 45.7 Å². The summed E-state index contributed by atoms with van der Waals surface area (Å²) in [4.78, 5) is 0. The van der Waals surface area contributed by atoms with Crippen LogP contribution >= 0.6 is 15.9 Å². The Morgan fingerprint density at radius 1 is 1.44 bits per heavy atom. The fourth-order valence-electron chi connectivity index (χ4n) is 1.58. The Hall–Kier alpha value is -0.670. The molecule has 0 radical (unpaired) electrons. The zero-order chi connectivity index (χ0) is 12.1. The minimum Gasteiger partial charge on any atom is -0.307 e. The highest BCUT2D eigenvalue weighted by molar-refractivity contribution is 9.10. The molecule has 0 bridgehead atoms. The van der Waals surface area contributed by atoms with Crippen LogP contribution in [0.15, 0.2) is 34.3 Å². The average molecular weight is 286 g/mol. The summed E-state index contributed by atoms with van der Waals surface area (Å²) in [5.74, 6) is -0.213. The number of nitrogens with one attached hydrogen (secondary N) is 1. The van der Waals surface area contributed by atoms with Crippen molar-refractivity contribution in [1.29, 1.82) is 0 Å². The van der Waals surface area contributed by atoms with E-state index >= 15 is 0 Å². The van der Waals surface area contributed by atoms with E-state index in [1.165, 1.54) is 11.6 Å². The maximum Gasteiger partial charge on any atom is 0.124 e. The molecule has 1 aromatic carbocycles. The largest absolute Gasteiger partial charge is 0.307 e. The highest BCUT2D eigenvalue weighted by Gasteiger charge is 2.09. The number of rotatable bonds is 4. The normalized spacial score (nSPS) is 12.3. The maximum atomic E-state index is 13.3. The molecule has 0 aliphatic carbocycles. The monoisotopic (exact) mass is 285 g/mol. The zero-order valence-corrected chi connectivity index (χ0v) is 11.4. The number of halogens is 2. The van der Waals surface area contributed by atoms with Crippen molar-refractivity contribution >= 4 is 15.9 Å². The molecule has 1 aromatic rings. The molecule has 0 spiro atoms. The average Bonchev–Trinajstić information content (AvgIpc) is 2.14. The SMILES string of the molecule is CCNC(C=C(C)C)c1cc(F)cc(Br)c1. The lowest BCUT2D eigenvalue weighted by Gasteiger charge is -2.15. The Bertz CT molecular complexity index is 363. The van der Waals surface area contributed by atoms with Crippen molar-refractivity contribution < 1.29 is 4.39 Å². The van der Waals surface area contributed by atoms with Gasteiger partial charge in [-0.2, -0.15) is 0 Å². The van der Waals surface area contributed by atoms with Gasteiger partial charge in [-0.1, -0.05) is 34.5 Å². The molecule has 16 heavy (non-hydrogen) atoms. The summed E-state index contributed by atoms with van der Waals surface area (Å²) >= 11 is 3.31. The summed E-state index contributed by atoms with van der Waals surface area (Å²) in [5, 5.41) is 3.32. The number of allylic oxidation sites excluding steroid dienone is 1. The van der Waals surface area contributed by atoms with Gasteiger partial charge < -0.3 is 5.32 Å². The molecule has 1 N–H and O–H groups in total. The Balaban J connectivity index is 3.05. The third kappa shape index (κ3) is 4.06. The third-order valence-corrected chi connectivity index (χ3v) is 2.63. The van der Waals surface area contributed by atoms with Gasteiger partial charge in [0, 0.05) is 4.47 Å². The highest BCUT2D eigenvalue weighted by Crippen LogP contribution is 2.22. The van der Waals surface area contributed by atoms with Gasteiger partial charge in [0.2, 0.25) is 0 Å². The van der Waals surface area contributed by atoms with Gasteiger partial charge in [0.25, 0.3) is 0 Å². The van der Waals surface area contributed by atoms with E-state index in [1.807, 2.05) is 26.8 Å². The van der Waals surface area contributed by atoms with Gasteiger partial charge in [-0.3, -0.25) is 0 Å². The van der Waals surface area contributed by atoms with Crippen LogP contribution in [-0.2, 0) is 0 Å². The summed E-state index contributed by atoms with van der Waals surface area (Å²) in [5.41, 5.74) is 2.15. The molecule has 1 atom stereocenters. The topological polar surface area (TPSA) is 12.0 Å². The Morgan fingerprint density at radius 2 is 2.12 bits per heavy atom. The van der Waals surface area contributed by atoms with Gasteiger partial charge in [-0.15, -0.1) is 0 Å². The fourth-order valence-corrected chi connectivity index (χ4v) is 2.06. The van der Waals surface area contributed by atoms with E-state index in [1.54, 1.807) is 6.07 Å². The molecule has 3 heteroatoms. The molecule has 0 heterocycles. The van der Waals surface area contributed by atoms with Crippen molar-refractivity contribution in [2.75, 3.05) is 6.54 Å². The van der Waals surface area contributed by atoms with Crippen molar-refractivity contribution in [3.63, 3.8) is 0 Å². The van der Waals surface area contributed by atoms with Crippen LogP contribution in [0.1, 0.15) is 32.4 Å². The van der Waals surface area contributed by atoms with E-state index in [2.05, 4.69) is 27.3 Å². The van der Waals surface area contributed by atoms with Crippen molar-refractivity contribution in [2.24, 2.45) is 0 Å². The summed E-state index contributed by atoms with van der Waals surface area (Å²) in [7, 11) is 0. The fraction of sp³-hybridized carbons (Fsp3) is 0.385. The van der Waals surface area contributed by atoms with Crippen molar-refractivity contribution in [1.82, 2.24) is 5.32 Å². The van der Waals surface area contributed by atoms with Gasteiger partial charge in [0.05, 0.1) is 6.04 Å². The Labute approximate surface area is 105 Å². The van der Waals surface area contributed by atoms with Crippen LogP contribution < -0.4 is 5.32 Å². The molecule has 0 fully saturated rings. The molecular weight excluding hydrogens is 269 g/mol. The molecule has 0 saturated heterocycles. The Kier molecular flexibility index (Phi) is 5.16. The first kappa shape index (κ1) is 13.4. The molecule has 0 saturated carbocycles. The predicted molar refractivity (Wildman–Crippen MR) is 69.9 cm³/mol. The van der Waals surface area contributed by atoms with Crippen LogP contribution in [-0.4, -0.2) is 6.54 Å². The van der Waals surface area contributed by atoms with Crippen LogP contribution in [0.3, 0.4) is 0 Å². The second-order valence-electron chi connectivity index (χ2n) is 3.98. The summed E-state index contributed by atoms with van der Waals surface area (Å²) < 4.78 is 14.1. The molecule has 1 unspecified atom stereocenters. The van der Waals surface area contributed by atoms with Crippen molar-refractivity contribution in [3.8, 4) is 0 Å². The van der Waals surface area contributed by atoms with Gasteiger partial charge in [-0.25, -0.2) is 4.39 Å².